The number of carbonyl (C=O) groups excluding carboxylic acids is 3. The Labute approximate surface area is 182 Å². The maximum Gasteiger partial charge on any atom is 0.324 e. The van der Waals surface area contributed by atoms with E-state index in [4.69, 9.17) is 4.74 Å². The first kappa shape index (κ1) is 21.8. The summed E-state index contributed by atoms with van der Waals surface area (Å²) in [4.78, 5) is 38.4. The molecule has 0 aromatic heterocycles. The Hall–Kier alpha value is -3.93. The number of benzene rings is 3. The smallest absolute Gasteiger partial charge is 0.324 e. The van der Waals surface area contributed by atoms with Crippen molar-refractivity contribution in [1.29, 1.82) is 0 Å². The molecule has 160 valence electrons. The van der Waals surface area contributed by atoms with Gasteiger partial charge in [0.25, 0.3) is 5.91 Å². The van der Waals surface area contributed by atoms with Crippen LogP contribution in [0.15, 0.2) is 78.9 Å². The summed E-state index contributed by atoms with van der Waals surface area (Å²) in [6.45, 7) is 0.396. The van der Waals surface area contributed by atoms with Crippen molar-refractivity contribution < 1.29 is 20.5 Å². The molecule has 6 heteroatoms. The third kappa shape index (κ3) is 5.57. The normalized spacial score (nSPS) is 10.3. The molecule has 0 saturated heterocycles. The topological polar surface area (TPSA) is 75.7 Å². The molecule has 0 aliphatic carbocycles. The van der Waals surface area contributed by atoms with Gasteiger partial charge in [0.1, 0.15) is 5.75 Å². The van der Waals surface area contributed by atoms with Crippen LogP contribution in [0.25, 0.3) is 0 Å². The molecule has 1 N–H and O–H groups in total. The van der Waals surface area contributed by atoms with Gasteiger partial charge < -0.3 is 10.1 Å². The lowest BCUT2D eigenvalue weighted by Crippen LogP contribution is -2.41. The summed E-state index contributed by atoms with van der Waals surface area (Å²) < 4.78 is 5.12. The number of ether oxygens (including phenoxy) is 1. The van der Waals surface area contributed by atoms with E-state index in [1.54, 1.807) is 55.6 Å². The number of methoxy groups -OCH3 is 1. The molecule has 3 aromatic rings. The van der Waals surface area contributed by atoms with E-state index in [1.165, 1.54) is 7.05 Å². The molecule has 0 fully saturated rings. The number of hydrogen-bond donors (Lipinski definition) is 1. The van der Waals surface area contributed by atoms with E-state index in [9.17, 15) is 14.4 Å². The van der Waals surface area contributed by atoms with Gasteiger partial charge in [0.05, 0.1) is 7.11 Å². The molecule has 0 atom stereocenters. The van der Waals surface area contributed by atoms with E-state index in [2.05, 4.69) is 5.32 Å². The van der Waals surface area contributed by atoms with Gasteiger partial charge in [0.15, 0.2) is 5.78 Å². The van der Waals surface area contributed by atoms with Crippen molar-refractivity contribution in [3.8, 4) is 5.75 Å². The molecule has 0 unspecified atom stereocenters. The van der Waals surface area contributed by atoms with Gasteiger partial charge in [-0.1, -0.05) is 54.6 Å². The van der Waals surface area contributed by atoms with E-state index in [0.29, 0.717) is 29.7 Å². The molecule has 0 bridgehead atoms. The van der Waals surface area contributed by atoms with Gasteiger partial charge >= 0.3 is 6.03 Å². The number of imide groups is 1. The largest absolute Gasteiger partial charge is 0.497 e. The molecular weight excluding hydrogens is 392 g/mol. The minimum atomic E-state index is -0.483. The number of nitrogens with zero attached hydrogens (tertiary/aromatic N) is 1. The zero-order valence-corrected chi connectivity index (χ0v) is 17.5. The summed E-state index contributed by atoms with van der Waals surface area (Å²) in [5.41, 5.74) is 2.44. The first-order valence-corrected chi connectivity index (χ1v) is 9.88. The second-order valence-electron chi connectivity index (χ2n) is 6.97. The van der Waals surface area contributed by atoms with Gasteiger partial charge in [0, 0.05) is 31.7 Å². The van der Waals surface area contributed by atoms with Crippen LogP contribution in [0, 0.1) is 0 Å². The number of ketones is 1. The Morgan fingerprint density at radius 3 is 2.03 bits per heavy atom. The predicted octanol–water partition coefficient (Wildman–Crippen LogP) is 4.20. The van der Waals surface area contributed by atoms with Crippen LogP contribution in [0.5, 0.6) is 5.75 Å². The molecule has 0 heterocycles. The highest BCUT2D eigenvalue weighted by molar-refractivity contribution is 6.10. The highest BCUT2D eigenvalue weighted by Gasteiger charge is 2.19. The Kier molecular flexibility index (Phi) is 7.17. The minimum Gasteiger partial charge on any atom is -0.497 e. The maximum absolute atomic E-state index is 12.6. The number of amides is 3. The van der Waals surface area contributed by atoms with Gasteiger partial charge in [-0.05, 0) is 36.2 Å². The SMILES string of the molecule is COc1ccc(CCNC(=O)N(C)C(=O)c2ccc(C(=O)c3ccccc3)cc2)cc1.[HH]. The average molecular weight is 418 g/mol. The zero-order valence-electron chi connectivity index (χ0n) is 17.5. The molecule has 6 nitrogen and oxygen atoms in total. The fourth-order valence-electron chi connectivity index (χ4n) is 3.03. The van der Waals surface area contributed by atoms with E-state index in [-0.39, 0.29) is 7.21 Å². The van der Waals surface area contributed by atoms with Crippen molar-refractivity contribution in [1.82, 2.24) is 10.2 Å². The summed E-state index contributed by atoms with van der Waals surface area (Å²) in [5.74, 6) is 0.208. The lowest BCUT2D eigenvalue weighted by Gasteiger charge is -2.16. The fourth-order valence-corrected chi connectivity index (χ4v) is 3.03. The van der Waals surface area contributed by atoms with Crippen LogP contribution in [0.1, 0.15) is 33.3 Å². The summed E-state index contributed by atoms with van der Waals surface area (Å²) in [6.07, 6.45) is 0.633. The van der Waals surface area contributed by atoms with Crippen molar-refractivity contribution in [2.45, 2.75) is 6.42 Å². The van der Waals surface area contributed by atoms with Crippen LogP contribution >= 0.6 is 0 Å². The number of nitrogens with one attached hydrogen (secondary N) is 1. The first-order chi connectivity index (χ1) is 15.0. The monoisotopic (exact) mass is 418 g/mol. The highest BCUT2D eigenvalue weighted by Crippen LogP contribution is 2.13. The fraction of sp³-hybridized carbons (Fsp3) is 0.160. The molecule has 3 aromatic carbocycles. The quantitative estimate of drug-likeness (QED) is 0.584. The Morgan fingerprint density at radius 1 is 0.839 bits per heavy atom. The predicted molar refractivity (Wildman–Crippen MR) is 121 cm³/mol. The van der Waals surface area contributed by atoms with Gasteiger partial charge in [0.2, 0.25) is 0 Å². The standard InChI is InChI=1S/C25H24N2O4.H2/c1-27(25(30)26-17-16-18-8-14-22(31-2)15-9-18)24(29)21-12-10-20(11-13-21)23(28)19-6-4-3-5-7-19;/h3-15H,16-17H2,1-2H3,(H,26,30);1H. The number of urea groups is 1. The van der Waals surface area contributed by atoms with E-state index < -0.39 is 11.9 Å². The Balaban J connectivity index is 0.00000363. The van der Waals surface area contributed by atoms with Crippen LogP contribution in [0.2, 0.25) is 0 Å². The van der Waals surface area contributed by atoms with Gasteiger partial charge in [-0.25, -0.2) is 4.79 Å². The summed E-state index contributed by atoms with van der Waals surface area (Å²) >= 11 is 0. The molecule has 0 spiro atoms. The van der Waals surface area contributed by atoms with Crippen molar-refractivity contribution in [2.24, 2.45) is 0 Å². The van der Waals surface area contributed by atoms with Gasteiger partial charge in [-0.15, -0.1) is 0 Å². The van der Waals surface area contributed by atoms with Gasteiger partial charge in [-0.2, -0.15) is 0 Å². The first-order valence-electron chi connectivity index (χ1n) is 9.88. The van der Waals surface area contributed by atoms with E-state index >= 15 is 0 Å². The third-order valence-electron chi connectivity index (χ3n) is 4.89. The van der Waals surface area contributed by atoms with E-state index in [0.717, 1.165) is 16.2 Å². The van der Waals surface area contributed by atoms with Crippen LogP contribution in [-0.2, 0) is 6.42 Å². The summed E-state index contributed by atoms with van der Waals surface area (Å²) in [6, 6.07) is 22.3. The lowest BCUT2D eigenvalue weighted by molar-refractivity contribution is 0.0830. The van der Waals surface area contributed by atoms with Crippen molar-refractivity contribution in [3.05, 3.63) is 101 Å². The second-order valence-corrected chi connectivity index (χ2v) is 6.97. The molecular formula is C25H26N2O4. The Morgan fingerprint density at radius 2 is 1.42 bits per heavy atom. The zero-order chi connectivity index (χ0) is 22.2. The van der Waals surface area contributed by atoms with E-state index in [1.807, 2.05) is 30.3 Å². The second kappa shape index (κ2) is 10.2. The Bertz CT molecular complexity index is 1050. The summed E-state index contributed by atoms with van der Waals surface area (Å²) in [7, 11) is 3.03. The van der Waals surface area contributed by atoms with Crippen LogP contribution in [0.3, 0.4) is 0 Å². The minimum absolute atomic E-state index is 0. The highest BCUT2D eigenvalue weighted by atomic mass is 16.5. The van der Waals surface area contributed by atoms with Crippen molar-refractivity contribution in [2.75, 3.05) is 20.7 Å². The molecule has 0 saturated carbocycles. The molecule has 0 aliphatic rings. The van der Waals surface area contributed by atoms with Crippen molar-refractivity contribution in [3.63, 3.8) is 0 Å². The number of rotatable bonds is 7. The molecule has 3 amide bonds. The maximum atomic E-state index is 12.6. The van der Waals surface area contributed by atoms with Gasteiger partial charge in [-0.3, -0.25) is 14.5 Å². The summed E-state index contributed by atoms with van der Waals surface area (Å²) in [5, 5.41) is 2.74. The average Bonchev–Trinajstić information content (AvgIpc) is 2.83. The lowest BCUT2D eigenvalue weighted by atomic mass is 10.0. The van der Waals surface area contributed by atoms with Crippen molar-refractivity contribution >= 4 is 17.7 Å². The molecule has 3 rings (SSSR count). The van der Waals surface area contributed by atoms with Crippen LogP contribution in [-0.4, -0.2) is 43.3 Å². The number of carbonyl (C=O) groups is 3. The molecule has 0 aliphatic heterocycles. The molecule has 31 heavy (non-hydrogen) atoms. The molecule has 0 radical (unpaired) electrons. The van der Waals surface area contributed by atoms with Crippen LogP contribution in [0.4, 0.5) is 4.79 Å². The number of hydrogen-bond acceptors (Lipinski definition) is 4. The third-order valence-corrected chi connectivity index (χ3v) is 4.89. The van der Waals surface area contributed by atoms with Crippen LogP contribution < -0.4 is 10.1 Å².